The minimum absolute atomic E-state index is 0.0235. The highest BCUT2D eigenvalue weighted by Gasteiger charge is 2.36. The second kappa shape index (κ2) is 12.9. The van der Waals surface area contributed by atoms with E-state index in [4.69, 9.17) is 10.2 Å². The molecule has 0 aromatic heterocycles. The van der Waals surface area contributed by atoms with Crippen LogP contribution in [0.1, 0.15) is 51.0 Å². The summed E-state index contributed by atoms with van der Waals surface area (Å²) >= 11 is 0. The maximum absolute atomic E-state index is 13.0. The standard InChI is InChI=1S/C29H34N2O6/c1-3-4-18-31(19-6-8-25(34)35)23-15-11-21(12-16-23)27-28(36)26(29(27)37)20-9-13-22(14-10-20)30(2)17-5-7-24(32)33/h9-16H,3-8,17-19H2,1-2H3,(H2-,32,33,34,35,36,37)/p+1. The molecule has 8 heteroatoms. The third-order valence-electron chi connectivity index (χ3n) is 6.53. The van der Waals surface area contributed by atoms with Gasteiger partial charge in [-0.2, -0.15) is 0 Å². The van der Waals surface area contributed by atoms with Gasteiger partial charge in [0.25, 0.3) is 0 Å². The van der Waals surface area contributed by atoms with Crippen molar-refractivity contribution in [3.05, 3.63) is 71.0 Å². The van der Waals surface area contributed by atoms with Crippen LogP contribution in [0.2, 0.25) is 0 Å². The number of carbonyl (C=O) groups is 3. The van der Waals surface area contributed by atoms with E-state index in [9.17, 15) is 19.5 Å². The fourth-order valence-electron chi connectivity index (χ4n) is 4.40. The van der Waals surface area contributed by atoms with Crippen molar-refractivity contribution in [3.8, 4) is 0 Å². The summed E-state index contributed by atoms with van der Waals surface area (Å²) in [6.45, 7) is 4.17. The van der Waals surface area contributed by atoms with Crippen LogP contribution in [0.3, 0.4) is 0 Å². The molecule has 0 aliphatic heterocycles. The zero-order valence-electron chi connectivity index (χ0n) is 21.4. The highest BCUT2D eigenvalue weighted by molar-refractivity contribution is 6.39. The van der Waals surface area contributed by atoms with Gasteiger partial charge in [0.05, 0.1) is 17.6 Å². The van der Waals surface area contributed by atoms with Gasteiger partial charge >= 0.3 is 11.9 Å². The zero-order chi connectivity index (χ0) is 26.9. The predicted molar refractivity (Wildman–Crippen MR) is 143 cm³/mol. The number of carboxylic acid groups (broad SMARTS) is 2. The van der Waals surface area contributed by atoms with Gasteiger partial charge in [-0.1, -0.05) is 25.5 Å². The molecule has 2 aliphatic carbocycles. The van der Waals surface area contributed by atoms with E-state index in [1.807, 2.05) is 48.0 Å². The first-order valence-corrected chi connectivity index (χ1v) is 12.7. The molecule has 8 nitrogen and oxygen atoms in total. The summed E-state index contributed by atoms with van der Waals surface area (Å²) < 4.78 is 1.95. The molecular weight excluding hydrogens is 472 g/mol. The van der Waals surface area contributed by atoms with Gasteiger partial charge < -0.3 is 20.2 Å². The van der Waals surface area contributed by atoms with Gasteiger partial charge in [-0.25, -0.2) is 4.58 Å². The molecule has 0 amide bonds. The molecular formula is C29H35N2O6+. The quantitative estimate of drug-likeness (QED) is 0.268. The summed E-state index contributed by atoms with van der Waals surface area (Å²) in [7, 11) is 1.88. The number of anilines is 1. The smallest absolute Gasteiger partial charge is 0.303 e. The van der Waals surface area contributed by atoms with Crippen LogP contribution >= 0.6 is 0 Å². The van der Waals surface area contributed by atoms with E-state index in [1.165, 1.54) is 0 Å². The van der Waals surface area contributed by atoms with Crippen molar-refractivity contribution in [3.63, 3.8) is 0 Å². The lowest BCUT2D eigenvalue weighted by Crippen LogP contribution is -2.26. The fourth-order valence-corrected chi connectivity index (χ4v) is 4.40. The van der Waals surface area contributed by atoms with Crippen LogP contribution in [0.25, 0.3) is 5.57 Å². The number of aliphatic hydroxyl groups excluding tert-OH is 1. The Morgan fingerprint density at radius 2 is 1.46 bits per heavy atom. The van der Waals surface area contributed by atoms with Gasteiger partial charge in [0.2, 0.25) is 5.78 Å². The van der Waals surface area contributed by atoms with Gasteiger partial charge in [-0.3, -0.25) is 14.4 Å². The summed E-state index contributed by atoms with van der Waals surface area (Å²) in [6, 6.07) is 7.46. The molecule has 37 heavy (non-hydrogen) atoms. The van der Waals surface area contributed by atoms with Crippen LogP contribution in [0.4, 0.5) is 5.69 Å². The van der Waals surface area contributed by atoms with Gasteiger partial charge in [0.15, 0.2) is 5.71 Å². The summed E-state index contributed by atoms with van der Waals surface area (Å²) in [5, 5.41) is 28.5. The Kier molecular flexibility index (Phi) is 9.60. The Morgan fingerprint density at radius 1 is 0.865 bits per heavy atom. The number of allylic oxidation sites excluding steroid dienone is 7. The first kappa shape index (κ1) is 27.6. The Labute approximate surface area is 217 Å². The van der Waals surface area contributed by atoms with E-state index >= 15 is 0 Å². The number of carboxylic acids is 2. The van der Waals surface area contributed by atoms with Crippen LogP contribution in [-0.2, 0) is 14.4 Å². The number of nitrogens with zero attached hydrogens (tertiary/aromatic N) is 2. The average molecular weight is 508 g/mol. The summed E-state index contributed by atoms with van der Waals surface area (Å²) in [5.74, 6) is -1.86. The molecule has 0 saturated heterocycles. The first-order chi connectivity index (χ1) is 17.7. The SMILES string of the molecule is CCCCN(CCCC(=O)O)c1ccc(C2=C(O)C(=C3C=CC(=[N+](C)CCCC(=O)O)C=C3)C2=O)cc1. The number of carbonyl (C=O) groups excluding carboxylic acids is 1. The lowest BCUT2D eigenvalue weighted by atomic mass is 9.80. The van der Waals surface area contributed by atoms with E-state index in [-0.39, 0.29) is 30.0 Å². The van der Waals surface area contributed by atoms with Crippen LogP contribution in [0.5, 0.6) is 0 Å². The molecule has 1 aromatic carbocycles. The number of rotatable bonds is 13. The molecule has 3 rings (SSSR count). The zero-order valence-corrected chi connectivity index (χ0v) is 21.4. The van der Waals surface area contributed by atoms with E-state index in [2.05, 4.69) is 11.8 Å². The molecule has 0 fully saturated rings. The third-order valence-corrected chi connectivity index (χ3v) is 6.53. The maximum Gasteiger partial charge on any atom is 0.303 e. The number of hydrogen-bond acceptors (Lipinski definition) is 5. The van der Waals surface area contributed by atoms with Crippen molar-refractivity contribution in [2.45, 2.75) is 45.4 Å². The number of benzene rings is 1. The number of Topliss-reactive ketones (excluding diaryl/α,β-unsaturated/α-hetero) is 1. The number of ketones is 1. The molecule has 3 N–H and O–H groups in total. The lowest BCUT2D eigenvalue weighted by Gasteiger charge is -2.26. The summed E-state index contributed by atoms with van der Waals surface area (Å²) in [6.07, 6.45) is 10.6. The highest BCUT2D eigenvalue weighted by Crippen LogP contribution is 2.39. The predicted octanol–water partition coefficient (Wildman–Crippen LogP) is 4.38. The van der Waals surface area contributed by atoms with E-state index in [0.29, 0.717) is 42.6 Å². The van der Waals surface area contributed by atoms with Crippen molar-refractivity contribution in [2.24, 2.45) is 0 Å². The Bertz CT molecular complexity index is 1180. The molecule has 0 saturated carbocycles. The summed E-state index contributed by atoms with van der Waals surface area (Å²) in [4.78, 5) is 36.7. The van der Waals surface area contributed by atoms with Gasteiger partial charge in [-0.15, -0.1) is 0 Å². The number of aliphatic hydroxyl groups is 1. The molecule has 0 bridgehead atoms. The van der Waals surface area contributed by atoms with Gasteiger partial charge in [0.1, 0.15) is 19.4 Å². The lowest BCUT2D eigenvalue weighted by molar-refractivity contribution is -0.496. The largest absolute Gasteiger partial charge is 0.506 e. The van der Waals surface area contributed by atoms with Crippen molar-refractivity contribution in [1.29, 1.82) is 0 Å². The monoisotopic (exact) mass is 507 g/mol. The van der Waals surface area contributed by atoms with Gasteiger partial charge in [-0.05, 0) is 48.3 Å². The molecule has 1 aromatic rings. The topological polar surface area (TPSA) is 118 Å². The van der Waals surface area contributed by atoms with Crippen molar-refractivity contribution in [1.82, 2.24) is 0 Å². The average Bonchev–Trinajstić information content (AvgIpc) is 2.87. The Balaban J connectivity index is 1.73. The van der Waals surface area contributed by atoms with Crippen molar-refractivity contribution < 1.29 is 34.3 Å². The second-order valence-corrected chi connectivity index (χ2v) is 9.28. The van der Waals surface area contributed by atoms with E-state index in [0.717, 1.165) is 30.8 Å². The molecule has 0 radical (unpaired) electrons. The van der Waals surface area contributed by atoms with E-state index in [1.54, 1.807) is 12.2 Å². The first-order valence-electron chi connectivity index (χ1n) is 12.7. The summed E-state index contributed by atoms with van der Waals surface area (Å²) in [5.41, 5.74) is 3.72. The molecule has 0 spiro atoms. The van der Waals surface area contributed by atoms with Crippen LogP contribution in [0.15, 0.2) is 65.5 Å². The van der Waals surface area contributed by atoms with Crippen LogP contribution < -0.4 is 4.90 Å². The van der Waals surface area contributed by atoms with Gasteiger partial charge in [0, 0.05) is 43.8 Å². The molecule has 0 atom stereocenters. The molecule has 2 aliphatic rings. The third kappa shape index (κ3) is 7.06. The highest BCUT2D eigenvalue weighted by atomic mass is 16.4. The maximum atomic E-state index is 13.0. The molecule has 0 heterocycles. The number of aliphatic carboxylic acids is 2. The second-order valence-electron chi connectivity index (χ2n) is 9.28. The van der Waals surface area contributed by atoms with Crippen molar-refractivity contribution in [2.75, 3.05) is 31.6 Å². The number of unbranched alkanes of at least 4 members (excludes halogenated alkanes) is 1. The Morgan fingerprint density at radius 3 is 2.03 bits per heavy atom. The molecule has 196 valence electrons. The minimum Gasteiger partial charge on any atom is -0.506 e. The van der Waals surface area contributed by atoms with Crippen LogP contribution in [-0.4, -0.2) is 70.0 Å². The van der Waals surface area contributed by atoms with Crippen LogP contribution in [0, 0.1) is 0 Å². The van der Waals surface area contributed by atoms with E-state index < -0.39 is 11.9 Å². The minimum atomic E-state index is -0.819. The van der Waals surface area contributed by atoms with Crippen molar-refractivity contribution >= 4 is 34.7 Å². The molecule has 0 unspecified atom stereocenters. The normalized spacial score (nSPS) is 14.8. The Hall–Kier alpha value is -3.94. The number of hydrogen-bond donors (Lipinski definition) is 3. The fraction of sp³-hybridized carbons (Fsp3) is 0.379.